The lowest BCUT2D eigenvalue weighted by Gasteiger charge is -2.18. The van der Waals surface area contributed by atoms with E-state index in [9.17, 15) is 4.79 Å². The maximum absolute atomic E-state index is 11.5. The van der Waals surface area contributed by atoms with Gasteiger partial charge in [-0.15, -0.1) is 10.2 Å². The van der Waals surface area contributed by atoms with Gasteiger partial charge in [-0.1, -0.05) is 32.9 Å². The van der Waals surface area contributed by atoms with Gasteiger partial charge in [0.1, 0.15) is 0 Å². The molecule has 0 aliphatic heterocycles. The van der Waals surface area contributed by atoms with Crippen LogP contribution in [0, 0.1) is 0 Å². The van der Waals surface area contributed by atoms with E-state index in [1.165, 1.54) is 5.56 Å². The van der Waals surface area contributed by atoms with Crippen molar-refractivity contribution in [2.45, 2.75) is 26.2 Å². The van der Waals surface area contributed by atoms with Crippen LogP contribution in [0.15, 0.2) is 52.9 Å². The highest BCUT2D eigenvalue weighted by molar-refractivity contribution is 5.94. The monoisotopic (exact) mass is 336 g/mol. The zero-order chi connectivity index (χ0) is 18.0. The van der Waals surface area contributed by atoms with Crippen LogP contribution in [-0.2, 0) is 5.41 Å². The van der Waals surface area contributed by atoms with Gasteiger partial charge in [0.15, 0.2) is 0 Å². The number of carbonyl (C=O) groups is 1. The molecule has 0 unspecified atom stereocenters. The number of nitrogens with one attached hydrogen (secondary N) is 1. The van der Waals surface area contributed by atoms with Gasteiger partial charge in [0.2, 0.25) is 11.8 Å². The standard InChI is InChI=1S/C19H20N4O2/c1-19(2,3)15-10-8-14(9-11-15)18-23-22-17(25-18)13-6-4-12(5-7-13)16(24)21-20/h4-11H,20H2,1-3H3,(H,21,24). The van der Waals surface area contributed by atoms with Gasteiger partial charge in [-0.2, -0.15) is 0 Å². The molecular weight excluding hydrogens is 316 g/mol. The van der Waals surface area contributed by atoms with Crippen LogP contribution in [-0.4, -0.2) is 16.1 Å². The van der Waals surface area contributed by atoms with Gasteiger partial charge in [0.05, 0.1) is 0 Å². The van der Waals surface area contributed by atoms with Gasteiger partial charge in [0, 0.05) is 16.7 Å². The van der Waals surface area contributed by atoms with Crippen molar-refractivity contribution in [2.24, 2.45) is 5.84 Å². The van der Waals surface area contributed by atoms with Crippen molar-refractivity contribution in [1.29, 1.82) is 0 Å². The Hall–Kier alpha value is -2.99. The molecule has 3 aromatic rings. The highest BCUT2D eigenvalue weighted by Crippen LogP contribution is 2.27. The summed E-state index contributed by atoms with van der Waals surface area (Å²) in [5.74, 6) is 5.62. The largest absolute Gasteiger partial charge is 0.416 e. The summed E-state index contributed by atoms with van der Waals surface area (Å²) >= 11 is 0. The third kappa shape index (κ3) is 3.59. The summed E-state index contributed by atoms with van der Waals surface area (Å²) in [6.45, 7) is 6.50. The predicted octanol–water partition coefficient (Wildman–Crippen LogP) is 3.30. The van der Waals surface area contributed by atoms with E-state index in [1.54, 1.807) is 24.3 Å². The molecule has 128 valence electrons. The van der Waals surface area contributed by atoms with Crippen LogP contribution >= 0.6 is 0 Å². The summed E-state index contributed by atoms with van der Waals surface area (Å²) < 4.78 is 5.76. The maximum Gasteiger partial charge on any atom is 0.265 e. The van der Waals surface area contributed by atoms with Crippen LogP contribution in [0.4, 0.5) is 0 Å². The van der Waals surface area contributed by atoms with Gasteiger partial charge < -0.3 is 4.42 Å². The van der Waals surface area contributed by atoms with Gasteiger partial charge >= 0.3 is 0 Å². The van der Waals surface area contributed by atoms with E-state index < -0.39 is 0 Å². The van der Waals surface area contributed by atoms with E-state index in [0.717, 1.165) is 11.1 Å². The summed E-state index contributed by atoms with van der Waals surface area (Å²) in [5.41, 5.74) is 5.49. The number of nitrogen functional groups attached to an aromatic ring is 1. The number of rotatable bonds is 3. The van der Waals surface area contributed by atoms with Crippen LogP contribution < -0.4 is 11.3 Å². The molecule has 1 aromatic heterocycles. The van der Waals surface area contributed by atoms with E-state index >= 15 is 0 Å². The predicted molar refractivity (Wildman–Crippen MR) is 95.5 cm³/mol. The first-order valence-electron chi connectivity index (χ1n) is 7.94. The van der Waals surface area contributed by atoms with Crippen LogP contribution in [0.5, 0.6) is 0 Å². The fourth-order valence-electron chi connectivity index (χ4n) is 2.42. The van der Waals surface area contributed by atoms with Gasteiger partial charge in [-0.25, -0.2) is 5.84 Å². The third-order valence-corrected chi connectivity index (χ3v) is 3.95. The molecule has 0 fully saturated rings. The number of hydrazine groups is 1. The fourth-order valence-corrected chi connectivity index (χ4v) is 2.42. The molecule has 6 nitrogen and oxygen atoms in total. The van der Waals surface area contributed by atoms with E-state index in [-0.39, 0.29) is 11.3 Å². The molecule has 0 saturated heterocycles. The van der Waals surface area contributed by atoms with Crippen LogP contribution in [0.3, 0.4) is 0 Å². The molecule has 0 saturated carbocycles. The summed E-state index contributed by atoms with van der Waals surface area (Å²) in [7, 11) is 0. The highest BCUT2D eigenvalue weighted by Gasteiger charge is 2.15. The second kappa shape index (κ2) is 6.49. The summed E-state index contributed by atoms with van der Waals surface area (Å²) in [6.07, 6.45) is 0. The fraction of sp³-hybridized carbons (Fsp3) is 0.211. The van der Waals surface area contributed by atoms with Crippen LogP contribution in [0.2, 0.25) is 0 Å². The Kier molecular flexibility index (Phi) is 4.37. The number of carbonyl (C=O) groups excluding carboxylic acids is 1. The Labute approximate surface area is 146 Å². The SMILES string of the molecule is CC(C)(C)c1ccc(-c2nnc(-c3ccc(C(=O)NN)cc3)o2)cc1. The van der Waals surface area contributed by atoms with Crippen molar-refractivity contribution in [1.82, 2.24) is 15.6 Å². The first kappa shape index (κ1) is 16.9. The Morgan fingerprint density at radius 1 is 0.920 bits per heavy atom. The van der Waals surface area contributed by atoms with Crippen molar-refractivity contribution < 1.29 is 9.21 Å². The lowest BCUT2D eigenvalue weighted by molar-refractivity contribution is 0.0953. The number of hydrogen-bond donors (Lipinski definition) is 2. The first-order valence-corrected chi connectivity index (χ1v) is 7.94. The summed E-state index contributed by atoms with van der Waals surface area (Å²) in [4.78, 5) is 11.5. The number of hydrogen-bond acceptors (Lipinski definition) is 5. The molecule has 0 radical (unpaired) electrons. The quantitative estimate of drug-likeness (QED) is 0.435. The first-order chi connectivity index (χ1) is 11.9. The van der Waals surface area contributed by atoms with Crippen molar-refractivity contribution in [3.05, 3.63) is 59.7 Å². The highest BCUT2D eigenvalue weighted by atomic mass is 16.4. The average Bonchev–Trinajstić information content (AvgIpc) is 3.10. The number of benzene rings is 2. The van der Waals surface area contributed by atoms with Crippen molar-refractivity contribution in [3.8, 4) is 22.9 Å². The topological polar surface area (TPSA) is 94.0 Å². The van der Waals surface area contributed by atoms with Gasteiger partial charge in [-0.3, -0.25) is 10.2 Å². The van der Waals surface area contributed by atoms with E-state index in [1.807, 2.05) is 12.1 Å². The van der Waals surface area contributed by atoms with Gasteiger partial charge in [-0.05, 0) is 47.4 Å². The molecule has 0 spiro atoms. The molecule has 6 heteroatoms. The molecule has 1 amide bonds. The number of aromatic nitrogens is 2. The van der Waals surface area contributed by atoms with Crippen molar-refractivity contribution in [3.63, 3.8) is 0 Å². The zero-order valence-electron chi connectivity index (χ0n) is 14.4. The number of nitrogens with two attached hydrogens (primary N) is 1. The van der Waals surface area contributed by atoms with E-state index in [0.29, 0.717) is 17.3 Å². The van der Waals surface area contributed by atoms with Crippen molar-refractivity contribution in [2.75, 3.05) is 0 Å². The molecule has 25 heavy (non-hydrogen) atoms. The van der Waals surface area contributed by atoms with Crippen LogP contribution in [0.25, 0.3) is 22.9 Å². The Morgan fingerprint density at radius 3 is 1.84 bits per heavy atom. The summed E-state index contributed by atoms with van der Waals surface area (Å²) in [6, 6.07) is 14.9. The number of nitrogens with zero attached hydrogens (tertiary/aromatic N) is 2. The normalized spacial score (nSPS) is 11.4. The molecular formula is C19H20N4O2. The molecule has 1 heterocycles. The molecule has 0 aliphatic carbocycles. The van der Waals surface area contributed by atoms with Crippen LogP contribution in [0.1, 0.15) is 36.7 Å². The molecule has 0 bridgehead atoms. The Bertz CT molecular complexity index is 875. The average molecular weight is 336 g/mol. The minimum absolute atomic E-state index is 0.0934. The second-order valence-corrected chi connectivity index (χ2v) is 6.79. The molecule has 2 aromatic carbocycles. The second-order valence-electron chi connectivity index (χ2n) is 6.79. The smallest absolute Gasteiger partial charge is 0.265 e. The summed E-state index contributed by atoms with van der Waals surface area (Å²) in [5, 5.41) is 8.20. The van der Waals surface area contributed by atoms with E-state index in [4.69, 9.17) is 10.3 Å². The molecule has 3 N–H and O–H groups in total. The van der Waals surface area contributed by atoms with E-state index in [2.05, 4.69) is 48.5 Å². The third-order valence-electron chi connectivity index (χ3n) is 3.95. The zero-order valence-corrected chi connectivity index (χ0v) is 14.4. The Morgan fingerprint density at radius 2 is 1.40 bits per heavy atom. The van der Waals surface area contributed by atoms with Crippen molar-refractivity contribution >= 4 is 5.91 Å². The molecule has 0 aliphatic rings. The lowest BCUT2D eigenvalue weighted by Crippen LogP contribution is -2.29. The maximum atomic E-state index is 11.5. The van der Waals surface area contributed by atoms with Gasteiger partial charge in [0.25, 0.3) is 5.91 Å². The minimum atomic E-state index is -0.350. The Balaban J connectivity index is 1.84. The molecule has 3 rings (SSSR count). The minimum Gasteiger partial charge on any atom is -0.416 e. The molecule has 0 atom stereocenters. The number of amides is 1. The lowest BCUT2D eigenvalue weighted by atomic mass is 9.87.